The van der Waals surface area contributed by atoms with E-state index < -0.39 is 0 Å². The number of fused-ring (bicyclic) bond motifs is 1. The number of anilines is 1. The van der Waals surface area contributed by atoms with Crippen LogP contribution in [-0.4, -0.2) is 17.0 Å². The molecule has 3 rings (SSSR count). The number of amides is 1. The van der Waals surface area contributed by atoms with Crippen molar-refractivity contribution in [2.45, 2.75) is 52.5 Å². The number of aromatic nitrogens is 1. The number of carbonyl (C=O) groups is 1. The lowest BCUT2D eigenvalue weighted by molar-refractivity contribution is -0.119. The Morgan fingerprint density at radius 1 is 1.04 bits per heavy atom. The van der Waals surface area contributed by atoms with Crippen molar-refractivity contribution in [3.05, 3.63) is 63.6 Å². The van der Waals surface area contributed by atoms with Gasteiger partial charge < -0.3 is 9.47 Å². The van der Waals surface area contributed by atoms with Gasteiger partial charge in [-0.2, -0.15) is 0 Å². The third-order valence-corrected chi connectivity index (χ3v) is 4.94. The van der Waals surface area contributed by atoms with E-state index in [-0.39, 0.29) is 17.4 Å². The number of hydrogen-bond donors (Lipinski definition) is 0. The van der Waals surface area contributed by atoms with Crippen molar-refractivity contribution in [1.82, 2.24) is 4.57 Å². The summed E-state index contributed by atoms with van der Waals surface area (Å²) in [6.07, 6.45) is 2.15. The lowest BCUT2D eigenvalue weighted by Crippen LogP contribution is -2.42. The fourth-order valence-corrected chi connectivity index (χ4v) is 3.78. The second-order valence-corrected chi connectivity index (χ2v) is 6.75. The van der Waals surface area contributed by atoms with Gasteiger partial charge in [-0.25, -0.2) is 0 Å². The summed E-state index contributed by atoms with van der Waals surface area (Å²) in [5.74, 6) is -0.0525. The first-order valence-electron chi connectivity index (χ1n) is 9.18. The lowest BCUT2D eigenvalue weighted by atomic mass is 9.84. The van der Waals surface area contributed by atoms with Crippen molar-refractivity contribution in [2.75, 3.05) is 11.4 Å². The van der Waals surface area contributed by atoms with E-state index in [0.717, 1.165) is 35.3 Å². The number of aryl methyl sites for hydroxylation is 1. The molecule has 0 fully saturated rings. The van der Waals surface area contributed by atoms with Crippen LogP contribution in [0.15, 0.2) is 41.2 Å². The van der Waals surface area contributed by atoms with Gasteiger partial charge in [0.05, 0.1) is 5.69 Å². The molecule has 1 aliphatic heterocycles. The van der Waals surface area contributed by atoms with Gasteiger partial charge in [0.15, 0.2) is 0 Å². The predicted octanol–water partition coefficient (Wildman–Crippen LogP) is 3.85. The molecule has 0 N–H and O–H groups in total. The average molecular weight is 338 g/mol. The molecule has 2 aromatic rings. The summed E-state index contributed by atoms with van der Waals surface area (Å²) in [5.41, 5.74) is 3.60. The van der Waals surface area contributed by atoms with Gasteiger partial charge in [0.1, 0.15) is 0 Å². The number of rotatable bonds is 5. The Bertz CT molecular complexity index is 824. The molecule has 0 bridgehead atoms. The molecule has 1 aromatic heterocycles. The van der Waals surface area contributed by atoms with Crippen LogP contribution < -0.4 is 10.5 Å². The second-order valence-electron chi connectivity index (χ2n) is 6.75. The average Bonchev–Trinajstić information content (AvgIpc) is 2.61. The molecular formula is C21H26N2O2. The topological polar surface area (TPSA) is 42.3 Å². The molecule has 0 saturated heterocycles. The first kappa shape index (κ1) is 17.5. The van der Waals surface area contributed by atoms with Gasteiger partial charge in [-0.3, -0.25) is 9.59 Å². The van der Waals surface area contributed by atoms with Crippen LogP contribution in [0.1, 0.15) is 55.8 Å². The largest absolute Gasteiger partial charge is 0.313 e. The SMILES string of the molecule is CCCN1C(=O)CC(c2ccccc2)c2c1cc(C)n(CCC)c2=O. The Balaban J connectivity index is 2.24. The Labute approximate surface area is 149 Å². The summed E-state index contributed by atoms with van der Waals surface area (Å²) in [5, 5.41) is 0. The smallest absolute Gasteiger partial charge is 0.256 e. The van der Waals surface area contributed by atoms with E-state index in [1.54, 1.807) is 4.90 Å². The summed E-state index contributed by atoms with van der Waals surface area (Å²) in [7, 11) is 0. The molecule has 132 valence electrons. The minimum atomic E-state index is -0.159. The van der Waals surface area contributed by atoms with E-state index in [1.165, 1.54) is 0 Å². The highest BCUT2D eigenvalue weighted by atomic mass is 16.2. The van der Waals surface area contributed by atoms with Crippen LogP contribution in [0, 0.1) is 6.92 Å². The molecule has 0 saturated carbocycles. The van der Waals surface area contributed by atoms with Crippen LogP contribution in [0.2, 0.25) is 0 Å². The summed E-state index contributed by atoms with van der Waals surface area (Å²) in [6, 6.07) is 12.0. The first-order chi connectivity index (χ1) is 12.1. The molecule has 4 heteroatoms. The summed E-state index contributed by atoms with van der Waals surface area (Å²) >= 11 is 0. The molecule has 0 spiro atoms. The van der Waals surface area contributed by atoms with E-state index in [0.29, 0.717) is 19.5 Å². The Hall–Kier alpha value is -2.36. The highest BCUT2D eigenvalue weighted by Crippen LogP contribution is 2.38. The first-order valence-corrected chi connectivity index (χ1v) is 9.18. The highest BCUT2D eigenvalue weighted by Gasteiger charge is 2.35. The molecule has 1 amide bonds. The standard InChI is InChI=1S/C21H26N2O2/c1-4-11-22-15(3)13-18-20(21(22)25)17(16-9-7-6-8-10-16)14-19(24)23(18)12-5-2/h6-10,13,17H,4-5,11-12,14H2,1-3H3. The van der Waals surface area contributed by atoms with Crippen molar-refractivity contribution in [1.29, 1.82) is 0 Å². The molecular weight excluding hydrogens is 312 g/mol. The van der Waals surface area contributed by atoms with Gasteiger partial charge in [0, 0.05) is 36.7 Å². The fraction of sp³-hybridized carbons (Fsp3) is 0.429. The van der Waals surface area contributed by atoms with E-state index in [4.69, 9.17) is 0 Å². The van der Waals surface area contributed by atoms with Crippen molar-refractivity contribution in [3.63, 3.8) is 0 Å². The summed E-state index contributed by atoms with van der Waals surface area (Å²) in [4.78, 5) is 27.9. The van der Waals surface area contributed by atoms with E-state index in [2.05, 4.69) is 13.8 Å². The summed E-state index contributed by atoms with van der Waals surface area (Å²) in [6.45, 7) is 7.46. The highest BCUT2D eigenvalue weighted by molar-refractivity contribution is 5.97. The molecule has 0 aliphatic carbocycles. The van der Waals surface area contributed by atoms with Gasteiger partial charge in [-0.05, 0) is 31.4 Å². The van der Waals surface area contributed by atoms with Gasteiger partial charge in [-0.1, -0.05) is 44.2 Å². The number of benzene rings is 1. The van der Waals surface area contributed by atoms with E-state index in [9.17, 15) is 9.59 Å². The van der Waals surface area contributed by atoms with E-state index in [1.807, 2.05) is 47.9 Å². The maximum atomic E-state index is 13.3. The molecule has 1 aromatic carbocycles. The molecule has 2 heterocycles. The molecule has 1 atom stereocenters. The van der Waals surface area contributed by atoms with Crippen molar-refractivity contribution in [2.24, 2.45) is 0 Å². The Morgan fingerprint density at radius 3 is 2.36 bits per heavy atom. The Kier molecular flexibility index (Phi) is 5.07. The normalized spacial score (nSPS) is 16.8. The zero-order chi connectivity index (χ0) is 18.0. The maximum Gasteiger partial charge on any atom is 0.256 e. The van der Waals surface area contributed by atoms with Crippen LogP contribution in [-0.2, 0) is 11.3 Å². The van der Waals surface area contributed by atoms with Crippen molar-refractivity contribution >= 4 is 11.6 Å². The van der Waals surface area contributed by atoms with Crippen LogP contribution in [0.5, 0.6) is 0 Å². The monoisotopic (exact) mass is 338 g/mol. The zero-order valence-electron chi connectivity index (χ0n) is 15.3. The molecule has 1 aliphatic rings. The third kappa shape index (κ3) is 3.13. The second kappa shape index (κ2) is 7.26. The molecule has 25 heavy (non-hydrogen) atoms. The number of pyridine rings is 1. The molecule has 0 radical (unpaired) electrons. The number of nitrogens with zero attached hydrogens (tertiary/aromatic N) is 2. The zero-order valence-corrected chi connectivity index (χ0v) is 15.3. The quantitative estimate of drug-likeness (QED) is 0.831. The minimum absolute atomic E-state index is 0.0549. The van der Waals surface area contributed by atoms with Crippen LogP contribution in [0.25, 0.3) is 0 Å². The van der Waals surface area contributed by atoms with Gasteiger partial charge in [0.25, 0.3) is 5.56 Å². The summed E-state index contributed by atoms with van der Waals surface area (Å²) < 4.78 is 1.86. The maximum absolute atomic E-state index is 13.3. The van der Waals surface area contributed by atoms with Crippen LogP contribution in [0.4, 0.5) is 5.69 Å². The lowest BCUT2D eigenvalue weighted by Gasteiger charge is -2.34. The van der Waals surface area contributed by atoms with Gasteiger partial charge in [0.2, 0.25) is 5.91 Å². The van der Waals surface area contributed by atoms with Crippen LogP contribution >= 0.6 is 0 Å². The van der Waals surface area contributed by atoms with Gasteiger partial charge >= 0.3 is 0 Å². The van der Waals surface area contributed by atoms with Crippen molar-refractivity contribution < 1.29 is 4.79 Å². The van der Waals surface area contributed by atoms with Gasteiger partial charge in [-0.15, -0.1) is 0 Å². The number of carbonyl (C=O) groups excluding carboxylic acids is 1. The number of hydrogen-bond acceptors (Lipinski definition) is 2. The molecule has 4 nitrogen and oxygen atoms in total. The fourth-order valence-electron chi connectivity index (χ4n) is 3.78. The third-order valence-electron chi connectivity index (χ3n) is 4.94. The minimum Gasteiger partial charge on any atom is -0.313 e. The predicted molar refractivity (Wildman–Crippen MR) is 101 cm³/mol. The van der Waals surface area contributed by atoms with Crippen molar-refractivity contribution in [3.8, 4) is 0 Å². The van der Waals surface area contributed by atoms with E-state index >= 15 is 0 Å². The Morgan fingerprint density at radius 2 is 1.72 bits per heavy atom. The van der Waals surface area contributed by atoms with Crippen LogP contribution in [0.3, 0.4) is 0 Å². The molecule has 1 unspecified atom stereocenters.